The average Bonchev–Trinajstić information content (AvgIpc) is 2.51. The molecule has 0 radical (unpaired) electrons. The van der Waals surface area contributed by atoms with Gasteiger partial charge in [-0.1, -0.05) is 12.1 Å². The van der Waals surface area contributed by atoms with E-state index in [-0.39, 0.29) is 5.82 Å². The van der Waals surface area contributed by atoms with Gasteiger partial charge < -0.3 is 15.0 Å². The maximum Gasteiger partial charge on any atom is 0.480 e. The Morgan fingerprint density at radius 2 is 1.68 bits per heavy atom. The lowest BCUT2D eigenvalue weighted by Gasteiger charge is -2.32. The van der Waals surface area contributed by atoms with Crippen molar-refractivity contribution in [3.8, 4) is 0 Å². The van der Waals surface area contributed by atoms with Crippen LogP contribution in [0.4, 0.5) is 4.39 Å². The summed E-state index contributed by atoms with van der Waals surface area (Å²) in [5.74, 6) is -0.763. The van der Waals surface area contributed by atoms with Gasteiger partial charge in [0, 0.05) is 0 Å². The van der Waals surface area contributed by atoms with Crippen LogP contribution in [-0.4, -0.2) is 18.3 Å². The fourth-order valence-corrected chi connectivity index (χ4v) is 2.01. The first-order valence-electron chi connectivity index (χ1n) is 6.51. The molecule has 3 nitrogen and oxygen atoms in total. The number of benzene rings is 1. The van der Waals surface area contributed by atoms with Gasteiger partial charge in [-0.3, -0.25) is 0 Å². The van der Waals surface area contributed by atoms with Crippen LogP contribution in [0.1, 0.15) is 44.8 Å². The molecule has 1 aromatic rings. The zero-order valence-electron chi connectivity index (χ0n) is 12.2. The van der Waals surface area contributed by atoms with Crippen molar-refractivity contribution in [2.75, 3.05) is 0 Å². The molecule has 1 fully saturated rings. The number of hydrogen-bond acceptors (Lipinski definition) is 3. The number of hydrogen-bond donors (Lipinski definition) is 1. The normalized spacial score (nSPS) is 22.6. The molecular weight excluding hydrogens is 244 g/mol. The standard InChI is InChI=1S/C14H21BFNO2/c1-9-6-7-10(8-11(9)16)12(17)15-18-13(2,3)14(4,5)19-15/h6-8,12H,17H2,1-5H3/t12-/m1/s1. The predicted molar refractivity (Wildman–Crippen MR) is 74.1 cm³/mol. The lowest BCUT2D eigenvalue weighted by Crippen LogP contribution is -2.41. The van der Waals surface area contributed by atoms with E-state index in [0.29, 0.717) is 11.1 Å². The van der Waals surface area contributed by atoms with E-state index in [0.717, 1.165) is 0 Å². The Labute approximate surface area is 114 Å². The third-order valence-corrected chi connectivity index (χ3v) is 4.15. The van der Waals surface area contributed by atoms with Crippen LogP contribution in [0, 0.1) is 12.7 Å². The van der Waals surface area contributed by atoms with Crippen LogP contribution in [0.3, 0.4) is 0 Å². The third kappa shape index (κ3) is 2.55. The van der Waals surface area contributed by atoms with Gasteiger partial charge in [0.15, 0.2) is 0 Å². The molecule has 0 saturated carbocycles. The van der Waals surface area contributed by atoms with Gasteiger partial charge in [-0.2, -0.15) is 0 Å². The van der Waals surface area contributed by atoms with Crippen molar-refractivity contribution in [3.63, 3.8) is 0 Å². The first-order valence-corrected chi connectivity index (χ1v) is 6.51. The molecule has 1 atom stereocenters. The molecule has 0 amide bonds. The topological polar surface area (TPSA) is 44.5 Å². The van der Waals surface area contributed by atoms with Gasteiger partial charge in [-0.15, -0.1) is 0 Å². The minimum absolute atomic E-state index is 0.260. The summed E-state index contributed by atoms with van der Waals surface area (Å²) < 4.78 is 25.4. The second kappa shape index (κ2) is 4.58. The Kier molecular flexibility index (Phi) is 3.50. The van der Waals surface area contributed by atoms with Crippen LogP contribution in [0.2, 0.25) is 0 Å². The Morgan fingerprint density at radius 3 is 2.16 bits per heavy atom. The zero-order valence-corrected chi connectivity index (χ0v) is 12.2. The average molecular weight is 265 g/mol. The highest BCUT2D eigenvalue weighted by molar-refractivity contribution is 6.47. The second-order valence-corrected chi connectivity index (χ2v) is 6.16. The lowest BCUT2D eigenvalue weighted by atomic mass is 9.75. The maximum absolute atomic E-state index is 13.6. The summed E-state index contributed by atoms with van der Waals surface area (Å²) in [6.07, 6.45) is 0. The SMILES string of the molecule is Cc1ccc([C@@H](N)B2OC(C)(C)C(C)(C)O2)cc1F. The van der Waals surface area contributed by atoms with Crippen molar-refractivity contribution >= 4 is 7.12 Å². The summed E-state index contributed by atoms with van der Waals surface area (Å²) in [5, 5.41) is 0. The molecule has 0 spiro atoms. The Hall–Kier alpha value is -0.905. The summed E-state index contributed by atoms with van der Waals surface area (Å²) in [5.41, 5.74) is 6.56. The molecule has 5 heteroatoms. The molecule has 104 valence electrons. The fourth-order valence-electron chi connectivity index (χ4n) is 2.01. The lowest BCUT2D eigenvalue weighted by molar-refractivity contribution is 0.00578. The molecule has 1 aromatic carbocycles. The summed E-state index contributed by atoms with van der Waals surface area (Å²) in [6, 6.07) is 4.98. The second-order valence-electron chi connectivity index (χ2n) is 6.16. The van der Waals surface area contributed by atoms with Crippen LogP contribution in [0.5, 0.6) is 0 Å². The minimum Gasteiger partial charge on any atom is -0.402 e. The smallest absolute Gasteiger partial charge is 0.402 e. The van der Waals surface area contributed by atoms with E-state index in [4.69, 9.17) is 15.0 Å². The molecule has 1 heterocycles. The number of halogens is 1. The first kappa shape index (κ1) is 14.5. The number of rotatable bonds is 2. The summed E-state index contributed by atoms with van der Waals surface area (Å²) in [4.78, 5) is 0. The van der Waals surface area contributed by atoms with E-state index in [2.05, 4.69) is 0 Å². The molecular formula is C14H21BFNO2. The highest BCUT2D eigenvalue weighted by Crippen LogP contribution is 2.39. The first-order chi connectivity index (χ1) is 8.64. The van der Waals surface area contributed by atoms with E-state index in [9.17, 15) is 4.39 Å². The fraction of sp³-hybridized carbons (Fsp3) is 0.571. The van der Waals surface area contributed by atoms with Gasteiger partial charge in [0.25, 0.3) is 0 Å². The van der Waals surface area contributed by atoms with Gasteiger partial charge in [-0.05, 0) is 51.8 Å². The third-order valence-electron chi connectivity index (χ3n) is 4.15. The molecule has 1 aliphatic rings. The van der Waals surface area contributed by atoms with Crippen LogP contribution in [0.25, 0.3) is 0 Å². The monoisotopic (exact) mass is 265 g/mol. The van der Waals surface area contributed by atoms with E-state index in [1.165, 1.54) is 6.07 Å². The Balaban J connectivity index is 2.22. The highest BCUT2D eigenvalue weighted by atomic mass is 19.1. The largest absolute Gasteiger partial charge is 0.480 e. The van der Waals surface area contributed by atoms with E-state index in [1.54, 1.807) is 13.0 Å². The van der Waals surface area contributed by atoms with Gasteiger partial charge in [0.05, 0.1) is 17.1 Å². The molecule has 0 unspecified atom stereocenters. The summed E-state index contributed by atoms with van der Waals surface area (Å²) in [7, 11) is -0.563. The van der Waals surface area contributed by atoms with Crippen molar-refractivity contribution < 1.29 is 13.7 Å². The molecule has 0 aliphatic carbocycles. The quantitative estimate of drug-likeness (QED) is 0.836. The summed E-state index contributed by atoms with van der Waals surface area (Å²) >= 11 is 0. The van der Waals surface area contributed by atoms with Crippen molar-refractivity contribution in [3.05, 3.63) is 35.1 Å². The molecule has 2 rings (SSSR count). The van der Waals surface area contributed by atoms with Gasteiger partial charge in [0.1, 0.15) is 5.82 Å². The van der Waals surface area contributed by atoms with Crippen molar-refractivity contribution in [2.24, 2.45) is 5.73 Å². The van der Waals surface area contributed by atoms with Crippen LogP contribution in [-0.2, 0) is 9.31 Å². The van der Waals surface area contributed by atoms with Crippen molar-refractivity contribution in [1.29, 1.82) is 0 Å². The van der Waals surface area contributed by atoms with E-state index in [1.807, 2.05) is 33.8 Å². The minimum atomic E-state index is -0.563. The Morgan fingerprint density at radius 1 is 1.16 bits per heavy atom. The van der Waals surface area contributed by atoms with Crippen LogP contribution < -0.4 is 5.73 Å². The molecule has 2 N–H and O–H groups in total. The molecule has 1 saturated heterocycles. The predicted octanol–water partition coefficient (Wildman–Crippen LogP) is 2.77. The Bertz CT molecular complexity index is 474. The molecule has 1 aliphatic heterocycles. The molecule has 0 bridgehead atoms. The van der Waals surface area contributed by atoms with Crippen LogP contribution in [0.15, 0.2) is 18.2 Å². The number of nitrogens with two attached hydrogens (primary N) is 1. The summed E-state index contributed by atoms with van der Waals surface area (Å²) in [6.45, 7) is 9.59. The highest BCUT2D eigenvalue weighted by Gasteiger charge is 2.53. The maximum atomic E-state index is 13.6. The van der Waals surface area contributed by atoms with Gasteiger partial charge in [0.2, 0.25) is 0 Å². The van der Waals surface area contributed by atoms with Gasteiger partial charge >= 0.3 is 7.12 Å². The number of aryl methyl sites for hydroxylation is 1. The van der Waals surface area contributed by atoms with Crippen molar-refractivity contribution in [2.45, 2.75) is 51.8 Å². The zero-order chi connectivity index (χ0) is 14.4. The van der Waals surface area contributed by atoms with Crippen LogP contribution >= 0.6 is 0 Å². The molecule has 0 aromatic heterocycles. The van der Waals surface area contributed by atoms with Gasteiger partial charge in [-0.25, -0.2) is 4.39 Å². The van der Waals surface area contributed by atoms with E-state index >= 15 is 0 Å². The molecule has 19 heavy (non-hydrogen) atoms. The van der Waals surface area contributed by atoms with E-state index < -0.39 is 24.3 Å². The van der Waals surface area contributed by atoms with Crippen molar-refractivity contribution in [1.82, 2.24) is 0 Å².